The zero-order chi connectivity index (χ0) is 13.1. The topological polar surface area (TPSA) is 55.9 Å². The van der Waals surface area contributed by atoms with Gasteiger partial charge in [0.1, 0.15) is 0 Å². The highest BCUT2D eigenvalue weighted by molar-refractivity contribution is 7.99. The van der Waals surface area contributed by atoms with Crippen LogP contribution in [0.5, 0.6) is 0 Å². The molecular weight excluding hydrogens is 256 g/mol. The van der Waals surface area contributed by atoms with Crippen LogP contribution in [0.4, 0.5) is 0 Å². The van der Waals surface area contributed by atoms with E-state index in [0.29, 0.717) is 5.92 Å². The standard InChI is InChI=1S/C14H18N4S/c15-17-14(11-7-9-19-10-11)13-6-8-16-18(13)12-4-2-1-3-5-12/h1-6,8,11,14,17H,7,9-10,15H2. The average molecular weight is 274 g/mol. The normalized spacial score (nSPS) is 20.6. The van der Waals surface area contributed by atoms with Gasteiger partial charge >= 0.3 is 0 Å². The van der Waals surface area contributed by atoms with Crippen LogP contribution in [-0.2, 0) is 0 Å². The van der Waals surface area contributed by atoms with Gasteiger partial charge in [0.2, 0.25) is 0 Å². The van der Waals surface area contributed by atoms with E-state index in [4.69, 9.17) is 5.84 Å². The second-order valence-corrected chi connectivity index (χ2v) is 5.92. The Morgan fingerprint density at radius 1 is 1.32 bits per heavy atom. The number of nitrogens with two attached hydrogens (primary N) is 1. The SMILES string of the molecule is NNC(c1ccnn1-c1ccccc1)C1CCSC1. The number of hydrogen-bond donors (Lipinski definition) is 2. The summed E-state index contributed by atoms with van der Waals surface area (Å²) in [5.74, 6) is 8.75. The predicted molar refractivity (Wildman–Crippen MR) is 79.1 cm³/mol. The van der Waals surface area contributed by atoms with Crippen molar-refractivity contribution < 1.29 is 0 Å². The molecule has 1 aromatic carbocycles. The van der Waals surface area contributed by atoms with Gasteiger partial charge in [-0.3, -0.25) is 11.3 Å². The van der Waals surface area contributed by atoms with E-state index in [1.54, 1.807) is 0 Å². The summed E-state index contributed by atoms with van der Waals surface area (Å²) in [6.45, 7) is 0. The summed E-state index contributed by atoms with van der Waals surface area (Å²) in [7, 11) is 0. The van der Waals surface area contributed by atoms with Gasteiger partial charge in [0.25, 0.3) is 0 Å². The van der Waals surface area contributed by atoms with Gasteiger partial charge in [0, 0.05) is 6.20 Å². The summed E-state index contributed by atoms with van der Waals surface area (Å²) in [4.78, 5) is 0. The van der Waals surface area contributed by atoms with Crippen LogP contribution in [0.25, 0.3) is 5.69 Å². The minimum absolute atomic E-state index is 0.165. The number of thioether (sulfide) groups is 1. The second kappa shape index (κ2) is 5.77. The Balaban J connectivity index is 1.94. The number of nitrogens with one attached hydrogen (secondary N) is 1. The Morgan fingerprint density at radius 3 is 2.84 bits per heavy atom. The lowest BCUT2D eigenvalue weighted by Gasteiger charge is -2.23. The summed E-state index contributed by atoms with van der Waals surface area (Å²) >= 11 is 2.00. The number of benzene rings is 1. The molecule has 2 atom stereocenters. The highest BCUT2D eigenvalue weighted by Crippen LogP contribution is 2.34. The lowest BCUT2D eigenvalue weighted by molar-refractivity contribution is 0.385. The molecule has 2 aromatic rings. The number of nitrogens with zero attached hydrogens (tertiary/aromatic N) is 2. The smallest absolute Gasteiger partial charge is 0.0669 e. The fourth-order valence-corrected chi connectivity index (χ4v) is 3.91. The molecule has 1 saturated heterocycles. The maximum absolute atomic E-state index is 5.79. The molecule has 1 fully saturated rings. The maximum atomic E-state index is 5.79. The molecule has 0 aliphatic carbocycles. The van der Waals surface area contributed by atoms with Gasteiger partial charge < -0.3 is 0 Å². The molecule has 0 amide bonds. The van der Waals surface area contributed by atoms with E-state index in [2.05, 4.69) is 28.7 Å². The molecular formula is C14H18N4S. The Bertz CT molecular complexity index is 519. The molecule has 19 heavy (non-hydrogen) atoms. The van der Waals surface area contributed by atoms with Crippen LogP contribution >= 0.6 is 11.8 Å². The Labute approximate surface area is 117 Å². The Kier molecular flexibility index (Phi) is 3.87. The fraction of sp³-hybridized carbons (Fsp3) is 0.357. The molecule has 3 rings (SSSR count). The van der Waals surface area contributed by atoms with Crippen LogP contribution in [0.3, 0.4) is 0 Å². The van der Waals surface area contributed by atoms with Crippen molar-refractivity contribution >= 4 is 11.8 Å². The van der Waals surface area contributed by atoms with Gasteiger partial charge in [-0.2, -0.15) is 16.9 Å². The van der Waals surface area contributed by atoms with Crippen LogP contribution in [-0.4, -0.2) is 21.3 Å². The minimum Gasteiger partial charge on any atom is -0.271 e. The number of hydrazine groups is 1. The number of rotatable bonds is 4. The first-order valence-corrected chi connectivity index (χ1v) is 7.69. The van der Waals surface area contributed by atoms with Crippen molar-refractivity contribution in [3.63, 3.8) is 0 Å². The minimum atomic E-state index is 0.165. The van der Waals surface area contributed by atoms with Gasteiger partial charge in [-0.1, -0.05) is 18.2 Å². The molecule has 0 radical (unpaired) electrons. The van der Waals surface area contributed by atoms with E-state index in [1.807, 2.05) is 40.8 Å². The van der Waals surface area contributed by atoms with Gasteiger partial charge in [-0.25, -0.2) is 4.68 Å². The lowest BCUT2D eigenvalue weighted by Crippen LogP contribution is -2.35. The number of aromatic nitrogens is 2. The molecule has 2 unspecified atom stereocenters. The van der Waals surface area contributed by atoms with Gasteiger partial charge in [-0.05, 0) is 42.0 Å². The van der Waals surface area contributed by atoms with Crippen molar-refractivity contribution in [2.45, 2.75) is 12.5 Å². The molecule has 100 valence electrons. The average Bonchev–Trinajstić information content (AvgIpc) is 3.12. The fourth-order valence-electron chi connectivity index (χ4n) is 2.61. The van der Waals surface area contributed by atoms with Crippen LogP contribution < -0.4 is 11.3 Å². The molecule has 5 heteroatoms. The molecule has 1 aromatic heterocycles. The maximum Gasteiger partial charge on any atom is 0.0669 e. The highest BCUT2D eigenvalue weighted by atomic mass is 32.2. The molecule has 0 bridgehead atoms. The molecule has 1 aliphatic rings. The third kappa shape index (κ3) is 2.54. The lowest BCUT2D eigenvalue weighted by atomic mass is 9.97. The quantitative estimate of drug-likeness (QED) is 0.662. The highest BCUT2D eigenvalue weighted by Gasteiger charge is 2.28. The monoisotopic (exact) mass is 274 g/mol. The van der Waals surface area contributed by atoms with Gasteiger partial charge in [-0.15, -0.1) is 0 Å². The first kappa shape index (κ1) is 12.7. The zero-order valence-corrected chi connectivity index (χ0v) is 11.5. The molecule has 2 heterocycles. The van der Waals surface area contributed by atoms with Crippen molar-refractivity contribution in [3.8, 4) is 5.69 Å². The van der Waals surface area contributed by atoms with E-state index in [0.717, 1.165) is 17.1 Å². The molecule has 0 saturated carbocycles. The first-order valence-electron chi connectivity index (χ1n) is 6.53. The van der Waals surface area contributed by atoms with E-state index >= 15 is 0 Å². The number of hydrogen-bond acceptors (Lipinski definition) is 4. The van der Waals surface area contributed by atoms with Crippen LogP contribution in [0.1, 0.15) is 18.2 Å². The third-order valence-electron chi connectivity index (χ3n) is 3.61. The van der Waals surface area contributed by atoms with Gasteiger partial charge in [0.15, 0.2) is 0 Å². The summed E-state index contributed by atoms with van der Waals surface area (Å²) in [6, 6.07) is 12.4. The van der Waals surface area contributed by atoms with Crippen molar-refractivity contribution in [2.24, 2.45) is 11.8 Å². The summed E-state index contributed by atoms with van der Waals surface area (Å²) in [5.41, 5.74) is 5.20. The van der Waals surface area contributed by atoms with Crippen molar-refractivity contribution in [2.75, 3.05) is 11.5 Å². The molecule has 0 spiro atoms. The summed E-state index contributed by atoms with van der Waals surface area (Å²) < 4.78 is 1.98. The zero-order valence-electron chi connectivity index (χ0n) is 10.7. The van der Waals surface area contributed by atoms with E-state index in [-0.39, 0.29) is 6.04 Å². The number of para-hydroxylation sites is 1. The van der Waals surface area contributed by atoms with E-state index < -0.39 is 0 Å². The van der Waals surface area contributed by atoms with Crippen LogP contribution in [0.15, 0.2) is 42.6 Å². The van der Waals surface area contributed by atoms with E-state index in [9.17, 15) is 0 Å². The largest absolute Gasteiger partial charge is 0.271 e. The van der Waals surface area contributed by atoms with Crippen molar-refractivity contribution in [3.05, 3.63) is 48.3 Å². The first-order chi connectivity index (χ1) is 9.40. The second-order valence-electron chi connectivity index (χ2n) is 4.77. The Morgan fingerprint density at radius 2 is 2.16 bits per heavy atom. The van der Waals surface area contributed by atoms with Crippen LogP contribution in [0, 0.1) is 5.92 Å². The van der Waals surface area contributed by atoms with Crippen LogP contribution in [0.2, 0.25) is 0 Å². The van der Waals surface area contributed by atoms with Crippen molar-refractivity contribution in [1.82, 2.24) is 15.2 Å². The summed E-state index contributed by atoms with van der Waals surface area (Å²) in [5, 5.41) is 4.44. The molecule has 3 N–H and O–H groups in total. The predicted octanol–water partition coefficient (Wildman–Crippen LogP) is 2.13. The van der Waals surface area contributed by atoms with Crippen molar-refractivity contribution in [1.29, 1.82) is 0 Å². The van der Waals surface area contributed by atoms with E-state index in [1.165, 1.54) is 12.2 Å². The molecule has 4 nitrogen and oxygen atoms in total. The van der Waals surface area contributed by atoms with Gasteiger partial charge in [0.05, 0.1) is 17.4 Å². The molecule has 1 aliphatic heterocycles. The Hall–Kier alpha value is -1.30. The summed E-state index contributed by atoms with van der Waals surface area (Å²) in [6.07, 6.45) is 3.05. The third-order valence-corrected chi connectivity index (χ3v) is 4.80.